The highest BCUT2D eigenvalue weighted by Crippen LogP contribution is 2.28. The summed E-state index contributed by atoms with van der Waals surface area (Å²) in [6.45, 7) is -0.296. The number of hydrogen-bond donors (Lipinski definition) is 3. The molecule has 0 amide bonds. The fraction of sp³-hybridized carbons (Fsp3) is 0.556. The molecule has 0 aliphatic carbocycles. The van der Waals surface area contributed by atoms with Crippen LogP contribution in [0.25, 0.3) is 0 Å². The van der Waals surface area contributed by atoms with Crippen LogP contribution < -0.4 is 11.4 Å². The second-order valence-corrected chi connectivity index (χ2v) is 4.63. The van der Waals surface area contributed by atoms with Crippen molar-refractivity contribution in [2.75, 3.05) is 12.3 Å². The first kappa shape index (κ1) is 12.5. The van der Waals surface area contributed by atoms with Gasteiger partial charge in [0.15, 0.2) is 0 Å². The van der Waals surface area contributed by atoms with Crippen molar-refractivity contribution in [2.45, 2.75) is 24.9 Å². The predicted octanol–water partition coefficient (Wildman–Crippen LogP) is -0.771. The molecule has 2 heterocycles. The van der Waals surface area contributed by atoms with Gasteiger partial charge >= 0.3 is 5.69 Å². The third kappa shape index (κ3) is 2.34. The second-order valence-electron chi connectivity index (χ2n) is 3.78. The molecule has 1 aromatic rings. The molecule has 2 rings (SSSR count). The zero-order chi connectivity index (χ0) is 12.6. The van der Waals surface area contributed by atoms with Crippen LogP contribution in [0.4, 0.5) is 5.82 Å². The van der Waals surface area contributed by atoms with Crippen molar-refractivity contribution in [3.63, 3.8) is 0 Å². The minimum atomic E-state index is -0.798. The minimum absolute atomic E-state index is 0.100. The van der Waals surface area contributed by atoms with Crippen LogP contribution in [0.2, 0.25) is 0 Å². The number of hydrogen-bond acceptors (Lipinski definition) is 6. The van der Waals surface area contributed by atoms with Crippen LogP contribution >= 0.6 is 15.9 Å². The molecule has 8 heteroatoms. The molecule has 7 nitrogen and oxygen atoms in total. The summed E-state index contributed by atoms with van der Waals surface area (Å²) in [5.74, 6) is 0.100. The number of rotatable bonds is 2. The Bertz CT molecular complexity index is 478. The van der Waals surface area contributed by atoms with E-state index in [0.717, 1.165) is 0 Å². The van der Waals surface area contributed by atoms with Crippen LogP contribution in [0.3, 0.4) is 0 Å². The quantitative estimate of drug-likeness (QED) is 0.662. The lowest BCUT2D eigenvalue weighted by Crippen LogP contribution is -2.28. The van der Waals surface area contributed by atoms with Crippen molar-refractivity contribution >= 4 is 21.7 Å². The van der Waals surface area contributed by atoms with Gasteiger partial charge in [0, 0.05) is 12.6 Å². The van der Waals surface area contributed by atoms with E-state index in [0.29, 0.717) is 4.47 Å². The molecule has 1 aliphatic heterocycles. The Labute approximate surface area is 105 Å². The number of aliphatic hydroxyl groups excluding tert-OH is 2. The summed E-state index contributed by atoms with van der Waals surface area (Å²) in [5.41, 5.74) is 4.91. The van der Waals surface area contributed by atoms with E-state index in [9.17, 15) is 9.90 Å². The Morgan fingerprint density at radius 1 is 1.71 bits per heavy atom. The van der Waals surface area contributed by atoms with Crippen LogP contribution in [0.1, 0.15) is 12.6 Å². The maximum absolute atomic E-state index is 11.6. The highest BCUT2D eigenvalue weighted by molar-refractivity contribution is 9.10. The summed E-state index contributed by atoms with van der Waals surface area (Å²) in [6.07, 6.45) is -0.430. The Morgan fingerprint density at radius 2 is 2.41 bits per heavy atom. The summed E-state index contributed by atoms with van der Waals surface area (Å²) in [5, 5.41) is 18.5. The molecule has 0 unspecified atom stereocenters. The molecule has 1 saturated heterocycles. The van der Waals surface area contributed by atoms with Gasteiger partial charge < -0.3 is 20.7 Å². The highest BCUT2D eigenvalue weighted by atomic mass is 79.9. The van der Waals surface area contributed by atoms with Crippen molar-refractivity contribution in [3.8, 4) is 0 Å². The van der Waals surface area contributed by atoms with Gasteiger partial charge in [0.05, 0.1) is 17.2 Å². The standard InChI is InChI=1S/C9H12BrN3O4/c10-4-2-13(9(16)12-8(4)11)7-1-5(15)6(3-14)17-7/h2,5-7,14-15H,1,3H2,(H2,11,12,16)/t5-,6-,7+/m0/s1. The van der Waals surface area contributed by atoms with Crippen LogP contribution in [-0.4, -0.2) is 38.6 Å². The van der Waals surface area contributed by atoms with E-state index in [1.54, 1.807) is 0 Å². The van der Waals surface area contributed by atoms with E-state index in [1.807, 2.05) is 0 Å². The molecule has 4 N–H and O–H groups in total. The topological polar surface area (TPSA) is 111 Å². The van der Waals surface area contributed by atoms with Crippen LogP contribution in [-0.2, 0) is 4.74 Å². The Hall–Kier alpha value is -0.960. The first-order chi connectivity index (χ1) is 8.02. The number of aliphatic hydroxyl groups is 2. The van der Waals surface area contributed by atoms with Crippen molar-refractivity contribution < 1.29 is 14.9 Å². The van der Waals surface area contributed by atoms with Crippen molar-refractivity contribution in [2.24, 2.45) is 0 Å². The summed E-state index contributed by atoms with van der Waals surface area (Å²) in [4.78, 5) is 15.2. The molecule has 1 aromatic heterocycles. The predicted molar refractivity (Wildman–Crippen MR) is 62.2 cm³/mol. The highest BCUT2D eigenvalue weighted by Gasteiger charge is 2.35. The molecule has 1 fully saturated rings. The number of nitrogens with zero attached hydrogens (tertiary/aromatic N) is 2. The summed E-state index contributed by atoms with van der Waals surface area (Å²) >= 11 is 3.16. The number of halogens is 1. The number of ether oxygens (including phenoxy) is 1. The van der Waals surface area contributed by atoms with Gasteiger partial charge in [-0.15, -0.1) is 0 Å². The molecule has 17 heavy (non-hydrogen) atoms. The van der Waals surface area contributed by atoms with E-state index in [1.165, 1.54) is 10.8 Å². The first-order valence-electron chi connectivity index (χ1n) is 5.01. The molecule has 3 atom stereocenters. The number of nitrogens with two attached hydrogens (primary N) is 1. The molecule has 0 saturated carbocycles. The Balaban J connectivity index is 2.30. The molecular weight excluding hydrogens is 294 g/mol. The lowest BCUT2D eigenvalue weighted by atomic mass is 10.2. The van der Waals surface area contributed by atoms with Gasteiger partial charge in [0.2, 0.25) is 0 Å². The van der Waals surface area contributed by atoms with Gasteiger partial charge in [0.1, 0.15) is 18.1 Å². The second kappa shape index (κ2) is 4.73. The van der Waals surface area contributed by atoms with Crippen LogP contribution in [0, 0.1) is 0 Å². The molecule has 0 radical (unpaired) electrons. The lowest BCUT2D eigenvalue weighted by Gasteiger charge is -2.14. The molecule has 0 aromatic carbocycles. The zero-order valence-corrected chi connectivity index (χ0v) is 10.4. The van der Waals surface area contributed by atoms with Gasteiger partial charge in [-0.2, -0.15) is 4.98 Å². The molecule has 94 valence electrons. The lowest BCUT2D eigenvalue weighted by molar-refractivity contribution is -0.0459. The van der Waals surface area contributed by atoms with Gasteiger partial charge in [0.25, 0.3) is 0 Å². The third-order valence-electron chi connectivity index (χ3n) is 2.63. The summed E-state index contributed by atoms with van der Waals surface area (Å²) in [7, 11) is 0. The normalized spacial score (nSPS) is 28.5. The van der Waals surface area contributed by atoms with Crippen molar-refractivity contribution in [3.05, 3.63) is 21.2 Å². The molecular formula is C9H12BrN3O4. The fourth-order valence-electron chi connectivity index (χ4n) is 1.71. The average Bonchev–Trinajstić information content (AvgIpc) is 2.65. The van der Waals surface area contributed by atoms with E-state index in [-0.39, 0.29) is 18.8 Å². The molecule has 0 bridgehead atoms. The SMILES string of the molecule is Nc1nc(=O)n([C@H]2C[C@H](O)[C@H](CO)O2)cc1Br. The van der Waals surface area contributed by atoms with Crippen molar-refractivity contribution in [1.29, 1.82) is 0 Å². The van der Waals surface area contributed by atoms with Gasteiger partial charge in [-0.05, 0) is 15.9 Å². The van der Waals surface area contributed by atoms with Gasteiger partial charge in [-0.1, -0.05) is 0 Å². The maximum atomic E-state index is 11.6. The number of anilines is 1. The van der Waals surface area contributed by atoms with Crippen LogP contribution in [0.5, 0.6) is 0 Å². The van der Waals surface area contributed by atoms with E-state index < -0.39 is 24.1 Å². The number of nitrogen functional groups attached to an aromatic ring is 1. The Morgan fingerprint density at radius 3 is 3.00 bits per heavy atom. The van der Waals surface area contributed by atoms with Gasteiger partial charge in [-0.3, -0.25) is 4.57 Å². The summed E-state index contributed by atoms with van der Waals surface area (Å²) < 4.78 is 7.06. The van der Waals surface area contributed by atoms with Crippen molar-refractivity contribution in [1.82, 2.24) is 9.55 Å². The first-order valence-corrected chi connectivity index (χ1v) is 5.80. The zero-order valence-electron chi connectivity index (χ0n) is 8.78. The van der Waals surface area contributed by atoms with Crippen LogP contribution in [0.15, 0.2) is 15.5 Å². The largest absolute Gasteiger partial charge is 0.394 e. The smallest absolute Gasteiger partial charge is 0.351 e. The monoisotopic (exact) mass is 305 g/mol. The maximum Gasteiger partial charge on any atom is 0.351 e. The average molecular weight is 306 g/mol. The number of aromatic nitrogens is 2. The Kier molecular flexibility index (Phi) is 3.48. The van der Waals surface area contributed by atoms with E-state index in [2.05, 4.69) is 20.9 Å². The molecule has 1 aliphatic rings. The van der Waals surface area contributed by atoms with E-state index >= 15 is 0 Å². The van der Waals surface area contributed by atoms with E-state index in [4.69, 9.17) is 15.6 Å². The third-order valence-corrected chi connectivity index (χ3v) is 3.24. The molecule has 0 spiro atoms. The fourth-order valence-corrected chi connectivity index (χ4v) is 2.02. The van der Waals surface area contributed by atoms with Gasteiger partial charge in [-0.25, -0.2) is 4.79 Å². The summed E-state index contributed by atoms with van der Waals surface area (Å²) in [6, 6.07) is 0. The minimum Gasteiger partial charge on any atom is -0.394 e.